The second-order valence-electron chi connectivity index (χ2n) is 5.15. The lowest BCUT2D eigenvalue weighted by Crippen LogP contribution is -2.22. The first-order valence-corrected chi connectivity index (χ1v) is 7.32. The minimum atomic E-state index is -0.0805. The maximum Gasteiger partial charge on any atom is 0.243 e. The van der Waals surface area contributed by atoms with Gasteiger partial charge in [-0.1, -0.05) is 49.7 Å². The summed E-state index contributed by atoms with van der Waals surface area (Å²) in [6, 6.07) is 15.2. The molecule has 2 aromatic rings. The SMILES string of the molecule is CC(C)c1ccccc1NC(=O)CNc1cccc(Cl)c1. The number of benzene rings is 2. The highest BCUT2D eigenvalue weighted by molar-refractivity contribution is 6.30. The molecular weight excluding hydrogens is 284 g/mol. The van der Waals surface area contributed by atoms with E-state index in [-0.39, 0.29) is 12.5 Å². The Morgan fingerprint density at radius 1 is 1.14 bits per heavy atom. The van der Waals surface area contributed by atoms with Crippen molar-refractivity contribution in [3.8, 4) is 0 Å². The van der Waals surface area contributed by atoms with Crippen LogP contribution in [0.4, 0.5) is 11.4 Å². The van der Waals surface area contributed by atoms with E-state index in [1.165, 1.54) is 0 Å². The average molecular weight is 303 g/mol. The molecule has 0 saturated carbocycles. The number of rotatable bonds is 5. The highest BCUT2D eigenvalue weighted by Gasteiger charge is 2.08. The smallest absolute Gasteiger partial charge is 0.243 e. The first kappa shape index (κ1) is 15.4. The maximum absolute atomic E-state index is 12.0. The summed E-state index contributed by atoms with van der Waals surface area (Å²) in [4.78, 5) is 12.0. The molecule has 0 saturated heterocycles. The fraction of sp³-hybridized carbons (Fsp3) is 0.235. The van der Waals surface area contributed by atoms with Crippen molar-refractivity contribution in [2.24, 2.45) is 0 Å². The van der Waals surface area contributed by atoms with E-state index in [4.69, 9.17) is 11.6 Å². The summed E-state index contributed by atoms with van der Waals surface area (Å²) in [5, 5.41) is 6.64. The molecule has 0 bridgehead atoms. The van der Waals surface area contributed by atoms with Gasteiger partial charge in [0, 0.05) is 16.4 Å². The molecule has 21 heavy (non-hydrogen) atoms. The van der Waals surface area contributed by atoms with Crippen LogP contribution in [0, 0.1) is 0 Å². The van der Waals surface area contributed by atoms with Crippen LogP contribution in [-0.2, 0) is 4.79 Å². The van der Waals surface area contributed by atoms with Gasteiger partial charge in [0.1, 0.15) is 0 Å². The van der Waals surface area contributed by atoms with E-state index in [0.717, 1.165) is 16.9 Å². The summed E-state index contributed by atoms with van der Waals surface area (Å²) in [7, 11) is 0. The molecule has 2 aromatic carbocycles. The third-order valence-electron chi connectivity index (χ3n) is 3.13. The minimum Gasteiger partial charge on any atom is -0.376 e. The van der Waals surface area contributed by atoms with Crippen molar-refractivity contribution in [2.45, 2.75) is 19.8 Å². The number of carbonyl (C=O) groups is 1. The Kier molecular flexibility index (Phi) is 5.23. The second kappa shape index (κ2) is 7.14. The van der Waals surface area contributed by atoms with Gasteiger partial charge < -0.3 is 10.6 Å². The Labute approximate surface area is 130 Å². The molecule has 0 aliphatic heterocycles. The number of hydrogen-bond donors (Lipinski definition) is 2. The predicted octanol–water partition coefficient (Wildman–Crippen LogP) is 4.51. The van der Waals surface area contributed by atoms with Crippen LogP contribution in [0.1, 0.15) is 25.3 Å². The summed E-state index contributed by atoms with van der Waals surface area (Å²) in [5.41, 5.74) is 2.83. The molecule has 1 amide bonds. The van der Waals surface area contributed by atoms with E-state index in [0.29, 0.717) is 10.9 Å². The molecule has 0 spiro atoms. The summed E-state index contributed by atoms with van der Waals surface area (Å²) in [5.74, 6) is 0.283. The van der Waals surface area contributed by atoms with Crippen LogP contribution in [0.2, 0.25) is 5.02 Å². The van der Waals surface area contributed by atoms with Gasteiger partial charge in [-0.15, -0.1) is 0 Å². The van der Waals surface area contributed by atoms with E-state index in [9.17, 15) is 4.79 Å². The fourth-order valence-corrected chi connectivity index (χ4v) is 2.28. The van der Waals surface area contributed by atoms with Gasteiger partial charge in [-0.25, -0.2) is 0 Å². The Balaban J connectivity index is 1.96. The number of hydrogen-bond acceptors (Lipinski definition) is 2. The van der Waals surface area contributed by atoms with Crippen LogP contribution >= 0.6 is 11.6 Å². The molecule has 0 unspecified atom stereocenters. The number of amides is 1. The maximum atomic E-state index is 12.0. The van der Waals surface area contributed by atoms with Crippen LogP contribution in [0.25, 0.3) is 0 Å². The Bertz CT molecular complexity index is 626. The van der Waals surface area contributed by atoms with Crippen molar-refractivity contribution in [2.75, 3.05) is 17.2 Å². The molecule has 0 aliphatic rings. The van der Waals surface area contributed by atoms with Crippen LogP contribution in [-0.4, -0.2) is 12.5 Å². The van der Waals surface area contributed by atoms with Gasteiger partial charge in [-0.3, -0.25) is 4.79 Å². The zero-order valence-electron chi connectivity index (χ0n) is 12.2. The fourth-order valence-electron chi connectivity index (χ4n) is 2.09. The molecule has 3 nitrogen and oxygen atoms in total. The lowest BCUT2D eigenvalue weighted by atomic mass is 10.0. The van der Waals surface area contributed by atoms with Gasteiger partial charge in [-0.05, 0) is 35.7 Å². The first-order valence-electron chi connectivity index (χ1n) is 6.94. The van der Waals surface area contributed by atoms with Crippen LogP contribution < -0.4 is 10.6 Å². The van der Waals surface area contributed by atoms with Crippen molar-refractivity contribution < 1.29 is 4.79 Å². The van der Waals surface area contributed by atoms with E-state index in [2.05, 4.69) is 24.5 Å². The molecular formula is C17H19ClN2O. The highest BCUT2D eigenvalue weighted by Crippen LogP contribution is 2.23. The van der Waals surface area contributed by atoms with Gasteiger partial charge in [-0.2, -0.15) is 0 Å². The molecule has 2 N–H and O–H groups in total. The second-order valence-corrected chi connectivity index (χ2v) is 5.59. The van der Waals surface area contributed by atoms with Gasteiger partial charge >= 0.3 is 0 Å². The summed E-state index contributed by atoms with van der Waals surface area (Å²) >= 11 is 5.90. The zero-order valence-corrected chi connectivity index (χ0v) is 12.9. The lowest BCUT2D eigenvalue weighted by Gasteiger charge is -2.14. The molecule has 4 heteroatoms. The third-order valence-corrected chi connectivity index (χ3v) is 3.37. The lowest BCUT2D eigenvalue weighted by molar-refractivity contribution is -0.114. The summed E-state index contributed by atoms with van der Waals surface area (Å²) < 4.78 is 0. The van der Waals surface area contributed by atoms with Crippen molar-refractivity contribution in [1.29, 1.82) is 0 Å². The average Bonchev–Trinajstić information content (AvgIpc) is 2.45. The normalized spacial score (nSPS) is 10.5. The molecule has 0 fully saturated rings. The molecule has 2 rings (SSSR count). The molecule has 110 valence electrons. The van der Waals surface area contributed by atoms with Crippen molar-refractivity contribution in [3.63, 3.8) is 0 Å². The molecule has 0 aromatic heterocycles. The molecule has 0 atom stereocenters. The van der Waals surface area contributed by atoms with E-state index < -0.39 is 0 Å². The van der Waals surface area contributed by atoms with Crippen LogP contribution in [0.3, 0.4) is 0 Å². The van der Waals surface area contributed by atoms with Gasteiger partial charge in [0.05, 0.1) is 6.54 Å². The molecule has 0 radical (unpaired) electrons. The van der Waals surface area contributed by atoms with E-state index in [1.54, 1.807) is 12.1 Å². The summed E-state index contributed by atoms with van der Waals surface area (Å²) in [6.07, 6.45) is 0. The number of halogens is 1. The predicted molar refractivity (Wildman–Crippen MR) is 89.1 cm³/mol. The van der Waals surface area contributed by atoms with E-state index in [1.807, 2.05) is 36.4 Å². The van der Waals surface area contributed by atoms with Gasteiger partial charge in [0.15, 0.2) is 0 Å². The monoisotopic (exact) mass is 302 g/mol. The first-order chi connectivity index (χ1) is 10.1. The van der Waals surface area contributed by atoms with Crippen LogP contribution in [0.5, 0.6) is 0 Å². The van der Waals surface area contributed by atoms with Crippen molar-refractivity contribution in [3.05, 3.63) is 59.1 Å². The summed E-state index contributed by atoms with van der Waals surface area (Å²) in [6.45, 7) is 4.41. The van der Waals surface area contributed by atoms with Crippen LogP contribution in [0.15, 0.2) is 48.5 Å². The largest absolute Gasteiger partial charge is 0.376 e. The third kappa shape index (κ3) is 4.50. The standard InChI is InChI=1S/C17H19ClN2O/c1-12(2)15-8-3-4-9-16(15)20-17(21)11-19-14-7-5-6-13(18)10-14/h3-10,12,19H,11H2,1-2H3,(H,20,21). The molecule has 0 heterocycles. The van der Waals surface area contributed by atoms with Crippen molar-refractivity contribution in [1.82, 2.24) is 0 Å². The van der Waals surface area contributed by atoms with Gasteiger partial charge in [0.25, 0.3) is 0 Å². The Hall–Kier alpha value is -2.00. The Morgan fingerprint density at radius 2 is 1.90 bits per heavy atom. The number of carbonyl (C=O) groups excluding carboxylic acids is 1. The van der Waals surface area contributed by atoms with Crippen molar-refractivity contribution >= 4 is 28.9 Å². The highest BCUT2D eigenvalue weighted by atomic mass is 35.5. The topological polar surface area (TPSA) is 41.1 Å². The number of nitrogens with one attached hydrogen (secondary N) is 2. The van der Waals surface area contributed by atoms with E-state index >= 15 is 0 Å². The zero-order chi connectivity index (χ0) is 15.2. The quantitative estimate of drug-likeness (QED) is 0.853. The number of anilines is 2. The number of para-hydroxylation sites is 1. The van der Waals surface area contributed by atoms with Gasteiger partial charge in [0.2, 0.25) is 5.91 Å². The Morgan fingerprint density at radius 3 is 2.62 bits per heavy atom. The molecule has 0 aliphatic carbocycles. The minimum absolute atomic E-state index is 0.0805.